The van der Waals surface area contributed by atoms with Crippen molar-refractivity contribution in [1.29, 1.82) is 0 Å². The van der Waals surface area contributed by atoms with Crippen LogP contribution in [0.4, 0.5) is 5.69 Å². The first-order valence-electron chi connectivity index (χ1n) is 5.61. The Morgan fingerprint density at radius 1 is 1.29 bits per heavy atom. The van der Waals surface area contributed by atoms with Crippen LogP contribution in [0.1, 0.15) is 24.2 Å². The van der Waals surface area contributed by atoms with Gasteiger partial charge in [-0.3, -0.25) is 14.3 Å². The number of hydrogen-bond donors (Lipinski definition) is 2. The molecule has 2 amide bonds. The first kappa shape index (κ1) is 11.6. The van der Waals surface area contributed by atoms with Crippen molar-refractivity contribution < 1.29 is 9.59 Å². The van der Waals surface area contributed by atoms with Gasteiger partial charge in [0.2, 0.25) is 0 Å². The van der Waals surface area contributed by atoms with E-state index in [1.807, 2.05) is 6.92 Å². The van der Waals surface area contributed by atoms with Crippen molar-refractivity contribution in [2.24, 2.45) is 7.05 Å². The Bertz CT molecular complexity index is 474. The summed E-state index contributed by atoms with van der Waals surface area (Å²) in [4.78, 5) is 23.1. The van der Waals surface area contributed by atoms with Gasteiger partial charge >= 0.3 is 11.8 Å². The normalized spacial score (nSPS) is 14.5. The Hall–Kier alpha value is -1.85. The highest BCUT2D eigenvalue weighted by molar-refractivity contribution is 6.39. The number of hydrogen-bond acceptors (Lipinski definition) is 3. The number of aromatic nitrogens is 2. The number of amides is 2. The molecule has 2 rings (SSSR count). The lowest BCUT2D eigenvalue weighted by Crippen LogP contribution is -2.36. The van der Waals surface area contributed by atoms with Crippen LogP contribution in [0.3, 0.4) is 0 Å². The van der Waals surface area contributed by atoms with E-state index in [0.29, 0.717) is 11.4 Å². The molecule has 0 spiro atoms. The van der Waals surface area contributed by atoms with Crippen LogP contribution in [-0.4, -0.2) is 27.6 Å². The minimum absolute atomic E-state index is 0.185. The monoisotopic (exact) mass is 236 g/mol. The van der Waals surface area contributed by atoms with Crippen LogP contribution in [0.5, 0.6) is 0 Å². The van der Waals surface area contributed by atoms with Gasteiger partial charge in [0.05, 0.1) is 17.1 Å². The molecule has 0 unspecified atom stereocenters. The SMILES string of the molecule is Cc1nn(C)c(C)c1NC(=O)C(=O)NC1CC1. The van der Waals surface area contributed by atoms with Crippen molar-refractivity contribution in [2.45, 2.75) is 32.7 Å². The molecule has 1 aliphatic carbocycles. The van der Waals surface area contributed by atoms with Crippen molar-refractivity contribution in [1.82, 2.24) is 15.1 Å². The van der Waals surface area contributed by atoms with Crippen LogP contribution in [0.15, 0.2) is 0 Å². The van der Waals surface area contributed by atoms with Crippen molar-refractivity contribution in [3.8, 4) is 0 Å². The molecule has 6 heteroatoms. The molecule has 1 aromatic rings. The maximum absolute atomic E-state index is 11.6. The van der Waals surface area contributed by atoms with E-state index in [2.05, 4.69) is 15.7 Å². The van der Waals surface area contributed by atoms with Gasteiger partial charge in [-0.05, 0) is 26.7 Å². The van der Waals surface area contributed by atoms with E-state index in [1.165, 1.54) is 0 Å². The fourth-order valence-electron chi connectivity index (χ4n) is 1.60. The van der Waals surface area contributed by atoms with E-state index in [-0.39, 0.29) is 6.04 Å². The fraction of sp³-hybridized carbons (Fsp3) is 0.545. The highest BCUT2D eigenvalue weighted by Crippen LogP contribution is 2.20. The first-order valence-corrected chi connectivity index (χ1v) is 5.61. The molecule has 0 bridgehead atoms. The Balaban J connectivity index is 2.04. The Morgan fingerprint density at radius 2 is 1.94 bits per heavy atom. The van der Waals surface area contributed by atoms with Gasteiger partial charge in [-0.15, -0.1) is 0 Å². The van der Waals surface area contributed by atoms with Gasteiger partial charge in [0.25, 0.3) is 0 Å². The largest absolute Gasteiger partial charge is 0.345 e. The molecule has 0 atom stereocenters. The fourth-order valence-corrected chi connectivity index (χ4v) is 1.60. The summed E-state index contributed by atoms with van der Waals surface area (Å²) < 4.78 is 1.67. The number of rotatable bonds is 2. The quantitative estimate of drug-likeness (QED) is 0.723. The van der Waals surface area contributed by atoms with E-state index in [0.717, 1.165) is 18.5 Å². The van der Waals surface area contributed by atoms with Gasteiger partial charge in [0.15, 0.2) is 0 Å². The molecule has 0 radical (unpaired) electrons. The van der Waals surface area contributed by atoms with Gasteiger partial charge in [-0.25, -0.2) is 0 Å². The van der Waals surface area contributed by atoms with Crippen molar-refractivity contribution >= 4 is 17.5 Å². The summed E-state index contributed by atoms with van der Waals surface area (Å²) in [6, 6.07) is 0.185. The van der Waals surface area contributed by atoms with Crippen molar-refractivity contribution in [2.75, 3.05) is 5.32 Å². The van der Waals surface area contributed by atoms with Crippen LogP contribution < -0.4 is 10.6 Å². The zero-order chi connectivity index (χ0) is 12.6. The molecule has 1 heterocycles. The molecule has 6 nitrogen and oxygen atoms in total. The van der Waals surface area contributed by atoms with Gasteiger partial charge in [0.1, 0.15) is 0 Å². The van der Waals surface area contributed by atoms with E-state index >= 15 is 0 Å². The number of nitrogens with one attached hydrogen (secondary N) is 2. The lowest BCUT2D eigenvalue weighted by molar-refractivity contribution is -0.136. The van der Waals surface area contributed by atoms with Crippen LogP contribution in [-0.2, 0) is 16.6 Å². The molecule has 1 saturated carbocycles. The maximum atomic E-state index is 11.6. The summed E-state index contributed by atoms with van der Waals surface area (Å²) in [5, 5.41) is 9.41. The van der Waals surface area contributed by atoms with E-state index in [1.54, 1.807) is 18.7 Å². The first-order chi connectivity index (χ1) is 7.99. The second-order valence-electron chi connectivity index (χ2n) is 4.37. The average molecular weight is 236 g/mol. The van der Waals surface area contributed by atoms with E-state index in [9.17, 15) is 9.59 Å². The van der Waals surface area contributed by atoms with Crippen LogP contribution in [0.2, 0.25) is 0 Å². The topological polar surface area (TPSA) is 76.0 Å². The van der Waals surface area contributed by atoms with Crippen molar-refractivity contribution in [3.63, 3.8) is 0 Å². The summed E-state index contributed by atoms with van der Waals surface area (Å²) in [7, 11) is 1.79. The molecule has 1 fully saturated rings. The molecule has 0 aliphatic heterocycles. The van der Waals surface area contributed by atoms with E-state index in [4.69, 9.17) is 0 Å². The third kappa shape index (κ3) is 2.46. The highest BCUT2D eigenvalue weighted by Gasteiger charge is 2.27. The number of nitrogens with zero attached hydrogens (tertiary/aromatic N) is 2. The summed E-state index contributed by atoms with van der Waals surface area (Å²) in [5.74, 6) is -1.20. The minimum atomic E-state index is -0.629. The second-order valence-corrected chi connectivity index (χ2v) is 4.37. The second kappa shape index (κ2) is 4.20. The minimum Gasteiger partial charge on any atom is -0.345 e. The summed E-state index contributed by atoms with van der Waals surface area (Å²) in [5.41, 5.74) is 2.15. The summed E-state index contributed by atoms with van der Waals surface area (Å²) in [6.07, 6.45) is 1.92. The average Bonchev–Trinajstić information content (AvgIpc) is 3.03. The van der Waals surface area contributed by atoms with Gasteiger partial charge in [-0.1, -0.05) is 0 Å². The van der Waals surface area contributed by atoms with Crippen LogP contribution >= 0.6 is 0 Å². The molecule has 2 N–H and O–H groups in total. The molecule has 0 aromatic carbocycles. The lowest BCUT2D eigenvalue weighted by atomic mass is 10.3. The Labute approximate surface area is 99.4 Å². The molecule has 17 heavy (non-hydrogen) atoms. The zero-order valence-corrected chi connectivity index (χ0v) is 10.2. The molecular formula is C11H16N4O2. The third-order valence-electron chi connectivity index (χ3n) is 2.87. The predicted molar refractivity (Wildman–Crippen MR) is 62.5 cm³/mol. The Kier molecular flexibility index (Phi) is 2.87. The third-order valence-corrected chi connectivity index (χ3v) is 2.87. The summed E-state index contributed by atoms with van der Waals surface area (Å²) >= 11 is 0. The number of carbonyl (C=O) groups excluding carboxylic acids is 2. The van der Waals surface area contributed by atoms with Crippen LogP contribution in [0, 0.1) is 13.8 Å². The Morgan fingerprint density at radius 3 is 2.41 bits per heavy atom. The molecule has 0 saturated heterocycles. The standard InChI is InChI=1S/C11H16N4O2/c1-6-9(7(2)15(3)14-6)13-11(17)10(16)12-8-4-5-8/h8H,4-5H2,1-3H3,(H,12,16)(H,13,17). The molecule has 1 aliphatic rings. The van der Waals surface area contributed by atoms with Gasteiger partial charge < -0.3 is 10.6 Å². The van der Waals surface area contributed by atoms with Gasteiger partial charge in [-0.2, -0.15) is 5.10 Å². The van der Waals surface area contributed by atoms with E-state index < -0.39 is 11.8 Å². The molecule has 1 aromatic heterocycles. The maximum Gasteiger partial charge on any atom is 0.313 e. The van der Waals surface area contributed by atoms with Crippen molar-refractivity contribution in [3.05, 3.63) is 11.4 Å². The lowest BCUT2D eigenvalue weighted by Gasteiger charge is -2.05. The highest BCUT2D eigenvalue weighted by atomic mass is 16.2. The van der Waals surface area contributed by atoms with Gasteiger partial charge in [0, 0.05) is 13.1 Å². The molecule has 92 valence electrons. The molecular weight excluding hydrogens is 220 g/mol. The van der Waals surface area contributed by atoms with Crippen LogP contribution in [0.25, 0.3) is 0 Å². The predicted octanol–water partition coefficient (Wildman–Crippen LogP) is 0.254. The number of aryl methyl sites for hydroxylation is 2. The zero-order valence-electron chi connectivity index (χ0n) is 10.2. The smallest absolute Gasteiger partial charge is 0.313 e. The number of anilines is 1. The number of carbonyl (C=O) groups is 2. The summed E-state index contributed by atoms with van der Waals surface area (Å²) in [6.45, 7) is 3.63.